The second-order valence-electron chi connectivity index (χ2n) is 6.77. The molecule has 0 fully saturated rings. The zero-order chi connectivity index (χ0) is 21.8. The number of benzene rings is 2. The number of hydrogen-bond acceptors (Lipinski definition) is 5. The number of rotatable bonds is 6. The number of hydrogen-bond donors (Lipinski definition) is 1. The van der Waals surface area contributed by atoms with Crippen molar-refractivity contribution in [2.45, 2.75) is 20.8 Å². The maximum absolute atomic E-state index is 13.3. The van der Waals surface area contributed by atoms with Crippen molar-refractivity contribution in [1.82, 2.24) is 0 Å². The average molecular weight is 427 g/mol. The van der Waals surface area contributed by atoms with E-state index in [0.29, 0.717) is 21.9 Å². The lowest BCUT2D eigenvalue weighted by Gasteiger charge is -2.11. The third-order valence-corrected chi connectivity index (χ3v) is 5.79. The van der Waals surface area contributed by atoms with Crippen molar-refractivity contribution in [3.8, 4) is 16.9 Å². The second-order valence-corrected chi connectivity index (χ2v) is 8.00. The molecule has 0 atom stereocenters. The summed E-state index contributed by atoms with van der Waals surface area (Å²) < 4.78 is 23.9. The van der Waals surface area contributed by atoms with E-state index in [1.807, 2.05) is 32.9 Å². The monoisotopic (exact) mass is 427 g/mol. The fraction of sp³-hybridized carbons (Fsp3) is 0.217. The van der Waals surface area contributed by atoms with Gasteiger partial charge in [0, 0.05) is 10.4 Å². The van der Waals surface area contributed by atoms with Gasteiger partial charge in [-0.05, 0) is 55.7 Å². The number of halogens is 1. The van der Waals surface area contributed by atoms with Crippen molar-refractivity contribution in [3.63, 3.8) is 0 Å². The molecule has 3 aromatic rings. The summed E-state index contributed by atoms with van der Waals surface area (Å²) >= 11 is 1.26. The van der Waals surface area contributed by atoms with Crippen LogP contribution in [0.15, 0.2) is 42.5 Å². The standard InChI is InChI=1S/C23H22FNO4S/c1-13-6-5-7-18(14(13)2)29-12-19(26)25-22-21(23(27)28-4)20(15(3)30-22)16-8-10-17(24)11-9-16/h5-11H,12H2,1-4H3,(H,25,26). The number of nitrogens with one attached hydrogen (secondary N) is 1. The average Bonchev–Trinajstić information content (AvgIpc) is 3.04. The molecule has 0 aliphatic carbocycles. The summed E-state index contributed by atoms with van der Waals surface area (Å²) in [6.45, 7) is 5.53. The van der Waals surface area contributed by atoms with E-state index in [0.717, 1.165) is 16.0 Å². The van der Waals surface area contributed by atoms with Crippen LogP contribution < -0.4 is 10.1 Å². The Morgan fingerprint density at radius 2 is 1.77 bits per heavy atom. The van der Waals surface area contributed by atoms with Crippen LogP contribution in [0.5, 0.6) is 5.75 Å². The van der Waals surface area contributed by atoms with E-state index in [-0.39, 0.29) is 18.0 Å². The van der Waals surface area contributed by atoms with E-state index < -0.39 is 11.9 Å². The molecule has 0 radical (unpaired) electrons. The van der Waals surface area contributed by atoms with Gasteiger partial charge in [-0.1, -0.05) is 24.3 Å². The number of esters is 1. The number of carbonyl (C=O) groups is 2. The number of aryl methyl sites for hydroxylation is 2. The van der Waals surface area contributed by atoms with Crippen molar-refractivity contribution in [1.29, 1.82) is 0 Å². The Bertz CT molecular complexity index is 1090. The number of anilines is 1. The first-order chi connectivity index (χ1) is 14.3. The van der Waals surface area contributed by atoms with Crippen LogP contribution in [0.1, 0.15) is 26.4 Å². The van der Waals surface area contributed by atoms with Crippen molar-refractivity contribution < 1.29 is 23.5 Å². The molecule has 1 N–H and O–H groups in total. The topological polar surface area (TPSA) is 64.6 Å². The highest BCUT2D eigenvalue weighted by molar-refractivity contribution is 7.17. The van der Waals surface area contributed by atoms with Crippen LogP contribution in [0.4, 0.5) is 9.39 Å². The molecule has 3 rings (SSSR count). The van der Waals surface area contributed by atoms with Crippen LogP contribution in [0.3, 0.4) is 0 Å². The zero-order valence-electron chi connectivity index (χ0n) is 17.2. The van der Waals surface area contributed by atoms with E-state index in [2.05, 4.69) is 5.32 Å². The highest BCUT2D eigenvalue weighted by Crippen LogP contribution is 2.40. The summed E-state index contributed by atoms with van der Waals surface area (Å²) in [5, 5.41) is 3.12. The highest BCUT2D eigenvalue weighted by atomic mass is 32.1. The Hall–Kier alpha value is -3.19. The van der Waals surface area contributed by atoms with E-state index in [9.17, 15) is 14.0 Å². The first kappa shape index (κ1) is 21.5. The predicted molar refractivity (Wildman–Crippen MR) is 116 cm³/mol. The van der Waals surface area contributed by atoms with Gasteiger partial charge in [-0.25, -0.2) is 9.18 Å². The van der Waals surface area contributed by atoms with Crippen LogP contribution in [0.2, 0.25) is 0 Å². The van der Waals surface area contributed by atoms with E-state index in [1.54, 1.807) is 18.2 Å². The fourth-order valence-corrected chi connectivity index (χ4v) is 4.16. The lowest BCUT2D eigenvalue weighted by Crippen LogP contribution is -2.21. The van der Waals surface area contributed by atoms with Gasteiger partial charge in [-0.3, -0.25) is 4.79 Å². The van der Waals surface area contributed by atoms with Crippen LogP contribution in [-0.2, 0) is 9.53 Å². The lowest BCUT2D eigenvalue weighted by molar-refractivity contribution is -0.118. The van der Waals surface area contributed by atoms with E-state index >= 15 is 0 Å². The summed E-state index contributed by atoms with van der Waals surface area (Å²) in [5.74, 6) is -0.714. The van der Waals surface area contributed by atoms with Gasteiger partial charge in [0.1, 0.15) is 22.1 Å². The van der Waals surface area contributed by atoms with Gasteiger partial charge >= 0.3 is 5.97 Å². The first-order valence-electron chi connectivity index (χ1n) is 9.28. The first-order valence-corrected chi connectivity index (χ1v) is 10.1. The fourth-order valence-electron chi connectivity index (χ4n) is 3.08. The minimum absolute atomic E-state index is 0.201. The molecule has 1 amide bonds. The zero-order valence-corrected chi connectivity index (χ0v) is 18.0. The number of thiophene rings is 1. The molecule has 0 spiro atoms. The molecule has 30 heavy (non-hydrogen) atoms. The molecular formula is C23H22FNO4S. The van der Waals surface area contributed by atoms with Gasteiger partial charge < -0.3 is 14.8 Å². The minimum atomic E-state index is -0.579. The number of carbonyl (C=O) groups excluding carboxylic acids is 2. The van der Waals surface area contributed by atoms with Crippen molar-refractivity contribution in [2.24, 2.45) is 0 Å². The lowest BCUT2D eigenvalue weighted by atomic mass is 10.0. The van der Waals surface area contributed by atoms with Crippen LogP contribution >= 0.6 is 11.3 Å². The van der Waals surface area contributed by atoms with Crippen molar-refractivity contribution in [3.05, 3.63) is 69.8 Å². The SMILES string of the molecule is COC(=O)c1c(NC(=O)COc2cccc(C)c2C)sc(C)c1-c1ccc(F)cc1. The number of amides is 1. The van der Waals surface area contributed by atoms with Gasteiger partial charge in [0.2, 0.25) is 0 Å². The molecule has 0 unspecified atom stereocenters. The molecule has 5 nitrogen and oxygen atoms in total. The molecule has 1 aromatic heterocycles. The normalized spacial score (nSPS) is 10.6. The Balaban J connectivity index is 1.85. The van der Waals surface area contributed by atoms with Gasteiger partial charge in [-0.2, -0.15) is 0 Å². The Morgan fingerprint density at radius 1 is 1.07 bits per heavy atom. The molecule has 156 valence electrons. The van der Waals surface area contributed by atoms with Gasteiger partial charge in [0.15, 0.2) is 6.61 Å². The third-order valence-electron chi connectivity index (χ3n) is 4.77. The maximum atomic E-state index is 13.3. The van der Waals surface area contributed by atoms with Crippen LogP contribution in [0, 0.1) is 26.6 Å². The molecule has 0 aliphatic rings. The molecule has 0 saturated carbocycles. The summed E-state index contributed by atoms with van der Waals surface area (Å²) in [4.78, 5) is 25.8. The molecule has 7 heteroatoms. The number of ether oxygens (including phenoxy) is 2. The van der Waals surface area contributed by atoms with E-state index in [1.165, 1.54) is 30.6 Å². The number of methoxy groups -OCH3 is 1. The Kier molecular flexibility index (Phi) is 6.52. The summed E-state index contributed by atoms with van der Waals surface area (Å²) in [5.41, 5.74) is 3.55. The summed E-state index contributed by atoms with van der Waals surface area (Å²) in [6, 6.07) is 11.5. The van der Waals surface area contributed by atoms with Crippen LogP contribution in [0.25, 0.3) is 11.1 Å². The molecule has 0 bridgehead atoms. The third kappa shape index (κ3) is 4.52. The summed E-state index contributed by atoms with van der Waals surface area (Å²) in [7, 11) is 1.28. The van der Waals surface area contributed by atoms with E-state index in [4.69, 9.17) is 9.47 Å². The Morgan fingerprint density at radius 3 is 2.43 bits per heavy atom. The van der Waals surface area contributed by atoms with Crippen molar-refractivity contribution >= 4 is 28.2 Å². The quantitative estimate of drug-likeness (QED) is 0.544. The maximum Gasteiger partial charge on any atom is 0.341 e. The molecule has 1 heterocycles. The molecular weight excluding hydrogens is 405 g/mol. The van der Waals surface area contributed by atoms with Gasteiger partial charge in [0.05, 0.1) is 7.11 Å². The molecule has 2 aromatic carbocycles. The highest BCUT2D eigenvalue weighted by Gasteiger charge is 2.25. The molecule has 0 saturated heterocycles. The molecule has 0 aliphatic heterocycles. The smallest absolute Gasteiger partial charge is 0.341 e. The van der Waals surface area contributed by atoms with Gasteiger partial charge in [0.25, 0.3) is 5.91 Å². The van der Waals surface area contributed by atoms with Crippen LogP contribution in [-0.4, -0.2) is 25.6 Å². The largest absolute Gasteiger partial charge is 0.483 e. The minimum Gasteiger partial charge on any atom is -0.483 e. The second kappa shape index (κ2) is 9.09. The van der Waals surface area contributed by atoms with Crippen molar-refractivity contribution in [2.75, 3.05) is 19.0 Å². The predicted octanol–water partition coefficient (Wildman–Crippen LogP) is 5.28. The summed E-state index contributed by atoms with van der Waals surface area (Å²) in [6.07, 6.45) is 0. The Labute approximate surface area is 178 Å². The van der Waals surface area contributed by atoms with Gasteiger partial charge in [-0.15, -0.1) is 11.3 Å².